The Hall–Kier alpha value is -3.87. The number of benzene rings is 3. The summed E-state index contributed by atoms with van der Waals surface area (Å²) >= 11 is 0. The number of nitrogens with two attached hydrogens (primary N) is 2. The normalized spacial score (nSPS) is 11.5. The second kappa shape index (κ2) is 7.03. The van der Waals surface area contributed by atoms with E-state index in [-0.39, 0.29) is 11.4 Å². The monoisotopic (exact) mass is 373 g/mol. The van der Waals surface area contributed by atoms with Crippen molar-refractivity contribution < 1.29 is 9.84 Å². The number of fused-ring (bicyclic) bond motifs is 2. The number of pyridine rings is 1. The molecule has 0 saturated carbocycles. The van der Waals surface area contributed by atoms with Gasteiger partial charge in [0, 0.05) is 10.8 Å². The van der Waals surface area contributed by atoms with Crippen molar-refractivity contribution in [1.29, 1.82) is 0 Å². The summed E-state index contributed by atoms with van der Waals surface area (Å²) in [6.07, 6.45) is 0. The molecular weight excluding hydrogens is 354 g/mol. The average molecular weight is 373 g/mol. The molecule has 7 nitrogen and oxygen atoms in total. The van der Waals surface area contributed by atoms with Gasteiger partial charge in [0.1, 0.15) is 11.5 Å². The van der Waals surface area contributed by atoms with Crippen LogP contribution in [0.25, 0.3) is 21.8 Å². The first kappa shape index (κ1) is 17.5. The maximum atomic E-state index is 9.88. The number of aromatic hydroxyl groups is 1. The third-order valence-corrected chi connectivity index (χ3v) is 4.39. The summed E-state index contributed by atoms with van der Waals surface area (Å²) in [5.41, 5.74) is 15.5. The minimum atomic E-state index is -0.0250. The Morgan fingerprint density at radius 2 is 1.82 bits per heavy atom. The number of phenols is 1. The highest BCUT2D eigenvalue weighted by molar-refractivity contribution is 6.07. The average Bonchev–Trinajstić information content (AvgIpc) is 2.68. The zero-order valence-electron chi connectivity index (χ0n) is 15.3. The molecule has 0 unspecified atom stereocenters. The van der Waals surface area contributed by atoms with Crippen LogP contribution in [-0.4, -0.2) is 16.7 Å². The fraction of sp³-hybridized carbons (Fsp3) is 0.0952. The van der Waals surface area contributed by atoms with Crippen molar-refractivity contribution in [1.82, 2.24) is 4.98 Å². The van der Waals surface area contributed by atoms with E-state index in [0.29, 0.717) is 29.2 Å². The van der Waals surface area contributed by atoms with Gasteiger partial charge in [-0.15, -0.1) is 5.11 Å². The molecule has 4 rings (SSSR count). The molecule has 1 heterocycles. The second-order valence-corrected chi connectivity index (χ2v) is 6.25. The SMILES string of the molecule is CCOc1ccc2nc3cc(/N=N/c4c(N)cccc4O)ccc3c(N)c2c1. The first-order valence-electron chi connectivity index (χ1n) is 8.82. The zero-order valence-corrected chi connectivity index (χ0v) is 15.3. The van der Waals surface area contributed by atoms with Crippen molar-refractivity contribution in [3.8, 4) is 11.5 Å². The highest BCUT2D eigenvalue weighted by Crippen LogP contribution is 2.35. The molecule has 4 aromatic rings. The van der Waals surface area contributed by atoms with Crippen LogP contribution in [0.4, 0.5) is 22.7 Å². The molecule has 0 spiro atoms. The molecule has 0 aliphatic rings. The molecule has 7 heteroatoms. The Morgan fingerprint density at radius 3 is 2.61 bits per heavy atom. The predicted octanol–water partition coefficient (Wildman–Crippen LogP) is 5.07. The van der Waals surface area contributed by atoms with Crippen molar-refractivity contribution in [3.05, 3.63) is 54.6 Å². The molecule has 0 saturated heterocycles. The first-order valence-corrected chi connectivity index (χ1v) is 8.82. The Labute approximate surface area is 161 Å². The quantitative estimate of drug-likeness (QED) is 0.262. The largest absolute Gasteiger partial charge is 0.506 e. The van der Waals surface area contributed by atoms with Gasteiger partial charge in [-0.05, 0) is 55.5 Å². The van der Waals surface area contributed by atoms with E-state index < -0.39 is 0 Å². The van der Waals surface area contributed by atoms with Crippen LogP contribution >= 0.6 is 0 Å². The van der Waals surface area contributed by atoms with Crippen LogP contribution < -0.4 is 16.2 Å². The summed E-state index contributed by atoms with van der Waals surface area (Å²) in [4.78, 5) is 4.68. The summed E-state index contributed by atoms with van der Waals surface area (Å²) in [5, 5.41) is 19.8. The molecule has 0 aliphatic heterocycles. The van der Waals surface area contributed by atoms with Crippen LogP contribution in [-0.2, 0) is 0 Å². The van der Waals surface area contributed by atoms with Crippen LogP contribution in [0.1, 0.15) is 6.92 Å². The van der Waals surface area contributed by atoms with Gasteiger partial charge in [0.2, 0.25) is 0 Å². The van der Waals surface area contributed by atoms with Crippen LogP contribution in [0.2, 0.25) is 0 Å². The van der Waals surface area contributed by atoms with Crippen molar-refractivity contribution in [2.75, 3.05) is 18.1 Å². The number of nitrogen functional groups attached to an aromatic ring is 2. The lowest BCUT2D eigenvalue weighted by Crippen LogP contribution is -1.95. The number of anilines is 2. The van der Waals surface area contributed by atoms with Gasteiger partial charge in [-0.25, -0.2) is 4.98 Å². The summed E-state index contributed by atoms with van der Waals surface area (Å²) in [6, 6.07) is 15.9. The van der Waals surface area contributed by atoms with Gasteiger partial charge in [0.15, 0.2) is 5.69 Å². The Bertz CT molecular complexity index is 1200. The van der Waals surface area contributed by atoms with Gasteiger partial charge < -0.3 is 21.3 Å². The first-order chi connectivity index (χ1) is 13.6. The standard InChI is InChI=1S/C21H19N5O2/c1-2-28-13-7-9-17-15(11-13)20(23)14-8-6-12(10-18(14)24-17)25-26-21-16(22)4-3-5-19(21)27/h3-11,27H,2,22H2,1H3,(H2,23,24)/b26-25+. The van der Waals surface area contributed by atoms with E-state index in [2.05, 4.69) is 15.2 Å². The minimum absolute atomic E-state index is 0.0250. The van der Waals surface area contributed by atoms with E-state index in [1.165, 1.54) is 6.07 Å². The number of aromatic nitrogens is 1. The molecule has 0 aliphatic carbocycles. The minimum Gasteiger partial charge on any atom is -0.506 e. The third kappa shape index (κ3) is 3.14. The number of rotatable bonds is 4. The number of phenolic OH excluding ortho intramolecular Hbond substituents is 1. The molecule has 0 amide bonds. The van der Waals surface area contributed by atoms with E-state index in [1.54, 1.807) is 24.3 Å². The van der Waals surface area contributed by atoms with Crippen molar-refractivity contribution in [2.24, 2.45) is 10.2 Å². The molecule has 5 N–H and O–H groups in total. The number of azo groups is 1. The second-order valence-electron chi connectivity index (χ2n) is 6.25. The topological polar surface area (TPSA) is 119 Å². The molecule has 1 aromatic heterocycles. The Morgan fingerprint density at radius 1 is 0.964 bits per heavy atom. The summed E-state index contributed by atoms with van der Waals surface area (Å²) in [7, 11) is 0. The van der Waals surface area contributed by atoms with E-state index in [0.717, 1.165) is 22.0 Å². The van der Waals surface area contributed by atoms with Crippen LogP contribution in [0.15, 0.2) is 64.8 Å². The number of ether oxygens (including phenoxy) is 1. The molecule has 28 heavy (non-hydrogen) atoms. The van der Waals surface area contributed by atoms with Gasteiger partial charge in [0.25, 0.3) is 0 Å². The molecule has 140 valence electrons. The van der Waals surface area contributed by atoms with E-state index >= 15 is 0 Å². The van der Waals surface area contributed by atoms with Gasteiger partial charge >= 0.3 is 0 Å². The molecular formula is C21H19N5O2. The number of nitrogens with zero attached hydrogens (tertiary/aromatic N) is 3. The molecule has 3 aromatic carbocycles. The Balaban J connectivity index is 1.78. The maximum Gasteiger partial charge on any atom is 0.150 e. The smallest absolute Gasteiger partial charge is 0.150 e. The summed E-state index contributed by atoms with van der Waals surface area (Å²) in [5.74, 6) is 0.733. The van der Waals surface area contributed by atoms with Gasteiger partial charge in [0.05, 0.1) is 34.7 Å². The number of hydrogen-bond acceptors (Lipinski definition) is 7. The lowest BCUT2D eigenvalue weighted by atomic mass is 10.1. The lowest BCUT2D eigenvalue weighted by molar-refractivity contribution is 0.341. The molecule has 0 fully saturated rings. The molecule has 0 bridgehead atoms. The van der Waals surface area contributed by atoms with Gasteiger partial charge in [-0.1, -0.05) is 6.07 Å². The summed E-state index contributed by atoms with van der Waals surface area (Å²) in [6.45, 7) is 2.52. The van der Waals surface area contributed by atoms with Crippen LogP contribution in [0.5, 0.6) is 11.5 Å². The molecule has 0 atom stereocenters. The molecule has 0 radical (unpaired) electrons. The Kier molecular flexibility index (Phi) is 4.41. The van der Waals surface area contributed by atoms with Crippen molar-refractivity contribution >= 4 is 44.6 Å². The van der Waals surface area contributed by atoms with E-state index in [4.69, 9.17) is 16.2 Å². The lowest BCUT2D eigenvalue weighted by Gasteiger charge is -2.09. The van der Waals surface area contributed by atoms with Gasteiger partial charge in [-0.3, -0.25) is 0 Å². The fourth-order valence-electron chi connectivity index (χ4n) is 3.03. The fourth-order valence-corrected chi connectivity index (χ4v) is 3.03. The maximum absolute atomic E-state index is 9.88. The van der Waals surface area contributed by atoms with E-state index in [9.17, 15) is 5.11 Å². The van der Waals surface area contributed by atoms with E-state index in [1.807, 2.05) is 31.2 Å². The van der Waals surface area contributed by atoms with Gasteiger partial charge in [-0.2, -0.15) is 5.11 Å². The van der Waals surface area contributed by atoms with Crippen LogP contribution in [0.3, 0.4) is 0 Å². The van der Waals surface area contributed by atoms with Crippen LogP contribution in [0, 0.1) is 0 Å². The predicted molar refractivity (Wildman–Crippen MR) is 112 cm³/mol. The highest BCUT2D eigenvalue weighted by Gasteiger charge is 2.09. The van der Waals surface area contributed by atoms with Crippen molar-refractivity contribution in [3.63, 3.8) is 0 Å². The summed E-state index contributed by atoms with van der Waals surface area (Å²) < 4.78 is 5.55. The highest BCUT2D eigenvalue weighted by atomic mass is 16.5. The number of hydrogen-bond donors (Lipinski definition) is 3. The van der Waals surface area contributed by atoms with Crippen molar-refractivity contribution in [2.45, 2.75) is 6.92 Å². The third-order valence-electron chi connectivity index (χ3n) is 4.39. The zero-order chi connectivity index (χ0) is 19.7.